The predicted molar refractivity (Wildman–Crippen MR) is 91.2 cm³/mol. The van der Waals surface area contributed by atoms with E-state index in [1.165, 1.54) is 0 Å². The fourth-order valence-corrected chi connectivity index (χ4v) is 2.51. The van der Waals surface area contributed by atoms with Gasteiger partial charge in [0.2, 0.25) is 0 Å². The molecule has 3 N–H and O–H groups in total. The Labute approximate surface area is 145 Å². The summed E-state index contributed by atoms with van der Waals surface area (Å²) in [6, 6.07) is 10.00. The Morgan fingerprint density at radius 1 is 1.16 bits per heavy atom. The van der Waals surface area contributed by atoms with Crippen molar-refractivity contribution < 1.29 is 24.3 Å². The van der Waals surface area contributed by atoms with Gasteiger partial charge in [0.25, 0.3) is 0 Å². The van der Waals surface area contributed by atoms with Crippen LogP contribution in [0.1, 0.15) is 31.9 Å². The highest BCUT2D eigenvalue weighted by molar-refractivity contribution is 5.77. The van der Waals surface area contributed by atoms with Crippen molar-refractivity contribution in [2.24, 2.45) is 5.92 Å². The van der Waals surface area contributed by atoms with Crippen LogP contribution in [0.3, 0.4) is 0 Å². The highest BCUT2D eigenvalue weighted by Crippen LogP contribution is 2.24. The average molecular weight is 346 g/mol. The van der Waals surface area contributed by atoms with Gasteiger partial charge in [0.1, 0.15) is 12.0 Å². The first kappa shape index (κ1) is 18.7. The molecule has 1 aromatic carbocycles. The van der Waals surface area contributed by atoms with E-state index in [-0.39, 0.29) is 18.2 Å². The minimum atomic E-state index is -1.09. The number of carboxylic acid groups (broad SMARTS) is 2. The number of nitrogens with one attached hydrogen (secondary N) is 1. The molecule has 0 amide bonds. The molecule has 7 nitrogen and oxygen atoms in total. The zero-order valence-electron chi connectivity index (χ0n) is 14.2. The standard InChI is InChI=1S/C18H22N2O5/c1-11(2)8-15(18(23)24)19-10-13(17(21)22)14-9-16(25-20-14)12-6-4-3-5-7-12/h3-7,9,11,13,15,19H,8,10H2,1-2H3,(H,21,22)(H,23,24). The summed E-state index contributed by atoms with van der Waals surface area (Å²) in [6.45, 7) is 3.78. The second-order valence-corrected chi connectivity index (χ2v) is 6.30. The van der Waals surface area contributed by atoms with E-state index in [0.717, 1.165) is 5.56 Å². The van der Waals surface area contributed by atoms with Crippen LogP contribution >= 0.6 is 0 Å². The minimum absolute atomic E-state index is 0.0419. The third-order valence-corrected chi connectivity index (χ3v) is 3.82. The molecule has 1 aromatic heterocycles. The van der Waals surface area contributed by atoms with Gasteiger partial charge in [-0.1, -0.05) is 49.3 Å². The van der Waals surface area contributed by atoms with Gasteiger partial charge in [-0.3, -0.25) is 9.59 Å². The first-order valence-electron chi connectivity index (χ1n) is 8.09. The molecule has 0 aliphatic carbocycles. The molecule has 0 aliphatic heterocycles. The van der Waals surface area contributed by atoms with Gasteiger partial charge in [-0.25, -0.2) is 0 Å². The average Bonchev–Trinajstić information content (AvgIpc) is 3.03. The molecule has 0 spiro atoms. The number of hydrogen-bond donors (Lipinski definition) is 3. The van der Waals surface area contributed by atoms with Crippen LogP contribution in [0.5, 0.6) is 0 Å². The van der Waals surface area contributed by atoms with Gasteiger partial charge in [0.15, 0.2) is 5.76 Å². The van der Waals surface area contributed by atoms with Gasteiger partial charge in [-0.2, -0.15) is 0 Å². The summed E-state index contributed by atoms with van der Waals surface area (Å²) in [4.78, 5) is 22.9. The topological polar surface area (TPSA) is 113 Å². The molecule has 25 heavy (non-hydrogen) atoms. The first-order valence-corrected chi connectivity index (χ1v) is 8.09. The molecule has 0 radical (unpaired) electrons. The second-order valence-electron chi connectivity index (χ2n) is 6.30. The maximum atomic E-state index is 11.6. The highest BCUT2D eigenvalue weighted by Gasteiger charge is 2.27. The maximum Gasteiger partial charge on any atom is 0.320 e. The predicted octanol–water partition coefficient (Wildman–Crippen LogP) is 2.60. The fourth-order valence-electron chi connectivity index (χ4n) is 2.51. The van der Waals surface area contributed by atoms with Crippen LogP contribution in [0.2, 0.25) is 0 Å². The summed E-state index contributed by atoms with van der Waals surface area (Å²) in [5.41, 5.74) is 1.05. The number of nitrogens with zero attached hydrogens (tertiary/aromatic N) is 1. The molecule has 0 bridgehead atoms. The van der Waals surface area contributed by atoms with Crippen LogP contribution in [0, 0.1) is 5.92 Å². The molecular weight excluding hydrogens is 324 g/mol. The Hall–Kier alpha value is -2.67. The van der Waals surface area contributed by atoms with Crippen LogP contribution < -0.4 is 5.32 Å². The fraction of sp³-hybridized carbons (Fsp3) is 0.389. The van der Waals surface area contributed by atoms with E-state index in [4.69, 9.17) is 4.52 Å². The van der Waals surface area contributed by atoms with Crippen molar-refractivity contribution in [3.63, 3.8) is 0 Å². The third kappa shape index (κ3) is 5.15. The maximum absolute atomic E-state index is 11.6. The summed E-state index contributed by atoms with van der Waals surface area (Å²) >= 11 is 0. The lowest BCUT2D eigenvalue weighted by molar-refractivity contribution is -0.142. The van der Waals surface area contributed by atoms with Crippen molar-refractivity contribution in [3.8, 4) is 11.3 Å². The van der Waals surface area contributed by atoms with E-state index in [2.05, 4.69) is 10.5 Å². The molecule has 2 unspecified atom stereocenters. The monoisotopic (exact) mass is 346 g/mol. The van der Waals surface area contributed by atoms with E-state index in [9.17, 15) is 19.8 Å². The molecule has 1 heterocycles. The summed E-state index contributed by atoms with van der Waals surface area (Å²) in [5, 5.41) is 25.4. The van der Waals surface area contributed by atoms with Gasteiger partial charge in [-0.15, -0.1) is 0 Å². The number of rotatable bonds is 9. The summed E-state index contributed by atoms with van der Waals surface area (Å²) in [5.74, 6) is -2.43. The number of carbonyl (C=O) groups is 2. The lowest BCUT2D eigenvalue weighted by Gasteiger charge is -2.18. The van der Waals surface area contributed by atoms with Crippen molar-refractivity contribution in [2.75, 3.05) is 6.54 Å². The number of benzene rings is 1. The smallest absolute Gasteiger partial charge is 0.320 e. The quantitative estimate of drug-likeness (QED) is 0.639. The van der Waals surface area contributed by atoms with E-state index in [1.54, 1.807) is 6.07 Å². The number of carboxylic acids is 2. The number of aromatic nitrogens is 1. The number of hydrogen-bond acceptors (Lipinski definition) is 5. The number of aliphatic carboxylic acids is 2. The van der Waals surface area contributed by atoms with E-state index in [0.29, 0.717) is 12.2 Å². The molecule has 2 atom stereocenters. The molecule has 7 heteroatoms. The highest BCUT2D eigenvalue weighted by atomic mass is 16.5. The van der Waals surface area contributed by atoms with Gasteiger partial charge in [0, 0.05) is 18.2 Å². The zero-order chi connectivity index (χ0) is 18.4. The van der Waals surface area contributed by atoms with Crippen molar-refractivity contribution in [2.45, 2.75) is 32.2 Å². The molecule has 0 aliphatic rings. The Morgan fingerprint density at radius 3 is 2.40 bits per heavy atom. The molecule has 134 valence electrons. The summed E-state index contributed by atoms with van der Waals surface area (Å²) in [6.07, 6.45) is 0.412. The first-order chi connectivity index (χ1) is 11.9. The minimum Gasteiger partial charge on any atom is -0.481 e. The second kappa shape index (κ2) is 8.43. The van der Waals surface area contributed by atoms with Crippen molar-refractivity contribution >= 4 is 11.9 Å². The molecule has 0 saturated carbocycles. The van der Waals surface area contributed by atoms with Crippen molar-refractivity contribution in [3.05, 3.63) is 42.1 Å². The zero-order valence-corrected chi connectivity index (χ0v) is 14.2. The lowest BCUT2D eigenvalue weighted by Crippen LogP contribution is -2.41. The van der Waals surface area contributed by atoms with Gasteiger partial charge in [0.05, 0.1) is 5.69 Å². The SMILES string of the molecule is CC(C)CC(NCC(C(=O)O)c1cc(-c2ccccc2)on1)C(=O)O. The third-order valence-electron chi connectivity index (χ3n) is 3.82. The van der Waals surface area contributed by atoms with Crippen LogP contribution in [0.15, 0.2) is 40.9 Å². The Bertz CT molecular complexity index is 711. The van der Waals surface area contributed by atoms with E-state index < -0.39 is 23.9 Å². The molecule has 0 fully saturated rings. The Morgan fingerprint density at radius 2 is 1.84 bits per heavy atom. The Kier molecular flexibility index (Phi) is 6.30. The van der Waals surface area contributed by atoms with E-state index >= 15 is 0 Å². The van der Waals surface area contributed by atoms with Gasteiger partial charge < -0.3 is 20.1 Å². The van der Waals surface area contributed by atoms with Crippen LogP contribution in [-0.2, 0) is 9.59 Å². The van der Waals surface area contributed by atoms with Crippen LogP contribution in [0.4, 0.5) is 0 Å². The van der Waals surface area contributed by atoms with Gasteiger partial charge >= 0.3 is 11.9 Å². The lowest BCUT2D eigenvalue weighted by atomic mass is 10.0. The summed E-state index contributed by atoms with van der Waals surface area (Å²) in [7, 11) is 0. The van der Waals surface area contributed by atoms with E-state index in [1.807, 2.05) is 44.2 Å². The molecule has 2 rings (SSSR count). The molecule has 0 saturated heterocycles. The van der Waals surface area contributed by atoms with Crippen molar-refractivity contribution in [1.82, 2.24) is 10.5 Å². The molecule has 2 aromatic rings. The normalized spacial score (nSPS) is 13.6. The van der Waals surface area contributed by atoms with Crippen molar-refractivity contribution in [1.29, 1.82) is 0 Å². The van der Waals surface area contributed by atoms with Gasteiger partial charge in [-0.05, 0) is 12.3 Å². The largest absolute Gasteiger partial charge is 0.481 e. The Balaban J connectivity index is 2.12. The molecular formula is C18H22N2O5. The van der Waals surface area contributed by atoms with Crippen LogP contribution in [-0.4, -0.2) is 39.9 Å². The van der Waals surface area contributed by atoms with Crippen LogP contribution in [0.25, 0.3) is 11.3 Å². The summed E-state index contributed by atoms with van der Waals surface area (Å²) < 4.78 is 5.24.